The van der Waals surface area contributed by atoms with E-state index >= 15 is 0 Å². The van der Waals surface area contributed by atoms with Gasteiger partial charge in [0.05, 0.1) is 50.7 Å². The third-order valence-corrected chi connectivity index (χ3v) is 18.2. The van der Waals surface area contributed by atoms with Gasteiger partial charge in [0.15, 0.2) is 12.6 Å². The van der Waals surface area contributed by atoms with Crippen LogP contribution in [0.25, 0.3) is 0 Å². The molecular formula is C68H126N2O21. The molecule has 0 aliphatic carbocycles. The van der Waals surface area contributed by atoms with Gasteiger partial charge in [0.25, 0.3) is 5.79 Å². The maximum Gasteiger partial charge on any atom is 0.364 e. The summed E-state index contributed by atoms with van der Waals surface area (Å²) in [7, 11) is 0. The quantitative estimate of drug-likeness (QED) is 0.0223. The number of carboxylic acids is 1. The molecule has 0 aromatic carbocycles. The van der Waals surface area contributed by atoms with Gasteiger partial charge >= 0.3 is 5.97 Å². The van der Waals surface area contributed by atoms with Crippen LogP contribution in [-0.2, 0) is 42.8 Å². The van der Waals surface area contributed by atoms with Gasteiger partial charge in [0.1, 0.15) is 67.1 Å². The normalized spacial score (nSPS) is 28.4. The number of hydrogen-bond acceptors (Lipinski definition) is 20. The number of unbranched alkanes of at least 4 members (excludes halogenated alkanes) is 32. The molecule has 3 aliphatic rings. The zero-order chi connectivity index (χ0) is 66.8. The van der Waals surface area contributed by atoms with Gasteiger partial charge in [-0.05, 0) is 38.5 Å². The van der Waals surface area contributed by atoms with E-state index in [0.29, 0.717) is 19.3 Å². The second kappa shape index (κ2) is 49.1. The summed E-state index contributed by atoms with van der Waals surface area (Å²) < 4.78 is 34.9. The summed E-state index contributed by atoms with van der Waals surface area (Å²) >= 11 is 0. The van der Waals surface area contributed by atoms with E-state index in [0.717, 1.165) is 71.1 Å². The Hall–Kier alpha value is -2.53. The second-order valence-electron chi connectivity index (χ2n) is 26.1. The molecule has 534 valence electrons. The molecular weight excluding hydrogens is 1180 g/mol. The van der Waals surface area contributed by atoms with E-state index in [-0.39, 0.29) is 18.9 Å². The van der Waals surface area contributed by atoms with Crippen LogP contribution >= 0.6 is 0 Å². The van der Waals surface area contributed by atoms with E-state index in [1.165, 1.54) is 148 Å². The van der Waals surface area contributed by atoms with Crippen molar-refractivity contribution in [2.24, 2.45) is 0 Å². The average molecular weight is 1310 g/mol. The van der Waals surface area contributed by atoms with Crippen LogP contribution < -0.4 is 10.6 Å². The second-order valence-corrected chi connectivity index (χ2v) is 26.1. The van der Waals surface area contributed by atoms with Crippen molar-refractivity contribution in [2.75, 3.05) is 26.4 Å². The molecule has 3 rings (SSSR count). The zero-order valence-corrected chi connectivity index (χ0v) is 55.7. The first-order valence-corrected chi connectivity index (χ1v) is 35.5. The number of carbonyl (C=O) groups excluding carboxylic acids is 2. The van der Waals surface area contributed by atoms with Crippen LogP contribution in [0.2, 0.25) is 0 Å². The first-order valence-electron chi connectivity index (χ1n) is 35.5. The summed E-state index contributed by atoms with van der Waals surface area (Å²) in [6.45, 7) is 2.21. The van der Waals surface area contributed by atoms with Crippen LogP contribution in [0.1, 0.15) is 265 Å². The molecule has 0 radical (unpaired) electrons. The number of aliphatic hydroxyl groups excluding tert-OH is 11. The van der Waals surface area contributed by atoms with Gasteiger partial charge in [-0.2, -0.15) is 0 Å². The Balaban J connectivity index is 1.59. The highest BCUT2D eigenvalue weighted by molar-refractivity contribution is 5.77. The molecule has 18 atom stereocenters. The smallest absolute Gasteiger partial charge is 0.364 e. The molecule has 0 saturated carbocycles. The van der Waals surface area contributed by atoms with Crippen LogP contribution in [0.3, 0.4) is 0 Å². The number of nitrogens with one attached hydrogen (secondary N) is 2. The lowest BCUT2D eigenvalue weighted by Crippen LogP contribution is -2.70. The summed E-state index contributed by atoms with van der Waals surface area (Å²) in [4.78, 5) is 38.6. The van der Waals surface area contributed by atoms with Gasteiger partial charge < -0.3 is 100 Å². The third kappa shape index (κ3) is 31.5. The van der Waals surface area contributed by atoms with Crippen LogP contribution in [-0.4, -0.2) is 215 Å². The molecule has 3 heterocycles. The molecule has 23 nitrogen and oxygen atoms in total. The van der Waals surface area contributed by atoms with Crippen LogP contribution in [0, 0.1) is 0 Å². The van der Waals surface area contributed by atoms with Crippen molar-refractivity contribution in [3.8, 4) is 0 Å². The molecule has 2 amide bonds. The average Bonchev–Trinajstić information content (AvgIpc) is 0.792. The van der Waals surface area contributed by atoms with Crippen molar-refractivity contribution in [1.82, 2.24) is 10.6 Å². The first kappa shape index (κ1) is 82.7. The van der Waals surface area contributed by atoms with Gasteiger partial charge in [0, 0.05) is 19.8 Å². The standard InChI is InChI=1S/C68H126N2O21/c1-4-6-8-10-12-14-16-18-20-22-23-24-25-26-27-29-31-33-35-37-39-41-50(75)49(70-55(78)42-40-38-36-34-32-30-28-21-19-17-15-13-11-9-7-5-2)47-86-65-60(82)59(81)62(54(46-73)88-65)89-66-61(83)64(58(80)53(45-72)87-66)91-68(67(84)85)43-51(76)56(69-48(3)74)63(90-68)57(79)52(77)44-71/h21,28,49-54,56-66,71-73,75-77,79-83H,4-20,22-27,29-47H2,1-3H3,(H,69,74)(H,70,78)(H,84,85)/b28-21-. The summed E-state index contributed by atoms with van der Waals surface area (Å²) in [5, 5.41) is 136. The predicted molar refractivity (Wildman–Crippen MR) is 343 cm³/mol. The fourth-order valence-electron chi connectivity index (χ4n) is 12.5. The van der Waals surface area contributed by atoms with Gasteiger partial charge in [-0.3, -0.25) is 9.59 Å². The minimum absolute atomic E-state index is 0.215. The van der Waals surface area contributed by atoms with E-state index < -0.39 is 148 Å². The number of allylic oxidation sites excluding steroid dienone is 2. The largest absolute Gasteiger partial charge is 0.477 e. The van der Waals surface area contributed by atoms with Gasteiger partial charge in [0.2, 0.25) is 11.8 Å². The Morgan fingerprint density at radius 3 is 1.48 bits per heavy atom. The SMILES string of the molecule is CCCCCCCCC/C=C\CCCCCCCC(=O)NC(COC1OC(CO)C(OC2OC(CO)C(O)C(OC3(C(=O)O)CC(O)C(NC(C)=O)C(C(O)C(O)CO)O3)C2O)C(O)C1O)C(O)CCCCCCCCCCCCCCCCCCCCCCC. The molecule has 3 fully saturated rings. The molecule has 91 heavy (non-hydrogen) atoms. The molecule has 18 unspecified atom stereocenters. The minimum atomic E-state index is -3.08. The lowest BCUT2D eigenvalue weighted by Gasteiger charge is -2.50. The number of amides is 2. The number of carboxylic acid groups (broad SMARTS) is 1. The van der Waals surface area contributed by atoms with Crippen molar-refractivity contribution < 1.29 is 104 Å². The molecule has 0 spiro atoms. The Morgan fingerprint density at radius 1 is 0.560 bits per heavy atom. The predicted octanol–water partition coefficient (Wildman–Crippen LogP) is 6.68. The molecule has 3 aliphatic heterocycles. The number of ether oxygens (including phenoxy) is 6. The summed E-state index contributed by atoms with van der Waals surface area (Å²) in [6, 6.07) is -2.53. The number of aliphatic hydroxyl groups is 11. The fourth-order valence-corrected chi connectivity index (χ4v) is 12.5. The molecule has 0 bridgehead atoms. The van der Waals surface area contributed by atoms with Crippen LogP contribution in [0.15, 0.2) is 12.2 Å². The van der Waals surface area contributed by atoms with Crippen molar-refractivity contribution >= 4 is 17.8 Å². The van der Waals surface area contributed by atoms with E-state index in [1.807, 2.05) is 0 Å². The van der Waals surface area contributed by atoms with Crippen molar-refractivity contribution in [3.63, 3.8) is 0 Å². The Kier molecular flexibility index (Phi) is 44.6. The maximum atomic E-state index is 13.5. The highest BCUT2D eigenvalue weighted by atomic mass is 16.8. The fraction of sp³-hybridized carbons (Fsp3) is 0.926. The molecule has 0 aromatic rings. The molecule has 0 aromatic heterocycles. The summed E-state index contributed by atoms with van der Waals surface area (Å²) in [6.07, 6.45) is 17.8. The Labute approximate surface area is 543 Å². The highest BCUT2D eigenvalue weighted by Gasteiger charge is 2.60. The topological polar surface area (TPSA) is 373 Å². The molecule has 23 heteroatoms. The Bertz CT molecular complexity index is 1890. The van der Waals surface area contributed by atoms with Crippen LogP contribution in [0.4, 0.5) is 0 Å². The van der Waals surface area contributed by atoms with Crippen molar-refractivity contribution in [1.29, 1.82) is 0 Å². The summed E-state index contributed by atoms with van der Waals surface area (Å²) in [5.74, 6) is -6.11. The maximum absolute atomic E-state index is 13.5. The van der Waals surface area contributed by atoms with E-state index in [2.05, 4.69) is 36.6 Å². The molecule has 14 N–H and O–H groups in total. The van der Waals surface area contributed by atoms with E-state index in [4.69, 9.17) is 28.4 Å². The van der Waals surface area contributed by atoms with Gasteiger partial charge in [-0.1, -0.05) is 219 Å². The van der Waals surface area contributed by atoms with Gasteiger partial charge in [-0.15, -0.1) is 0 Å². The van der Waals surface area contributed by atoms with Crippen molar-refractivity contribution in [2.45, 2.75) is 375 Å². The zero-order valence-electron chi connectivity index (χ0n) is 55.7. The lowest BCUT2D eigenvalue weighted by atomic mass is 9.88. The van der Waals surface area contributed by atoms with Crippen molar-refractivity contribution in [3.05, 3.63) is 12.2 Å². The number of aliphatic carboxylic acids is 1. The number of rotatable bonds is 54. The first-order chi connectivity index (χ1) is 43.9. The number of hydrogen-bond donors (Lipinski definition) is 14. The van der Waals surface area contributed by atoms with Gasteiger partial charge in [-0.25, -0.2) is 4.79 Å². The van der Waals surface area contributed by atoms with Crippen LogP contribution in [0.5, 0.6) is 0 Å². The van der Waals surface area contributed by atoms with E-state index in [1.54, 1.807) is 0 Å². The Morgan fingerprint density at radius 2 is 1.02 bits per heavy atom. The highest BCUT2D eigenvalue weighted by Crippen LogP contribution is 2.39. The lowest BCUT2D eigenvalue weighted by molar-refractivity contribution is -0.386. The number of carbonyl (C=O) groups is 3. The van der Waals surface area contributed by atoms with E-state index in [9.17, 15) is 75.7 Å². The third-order valence-electron chi connectivity index (χ3n) is 18.2. The molecule has 3 saturated heterocycles. The monoisotopic (exact) mass is 1310 g/mol. The minimum Gasteiger partial charge on any atom is -0.477 e. The summed E-state index contributed by atoms with van der Waals surface area (Å²) in [5.41, 5.74) is 0.